The molecule has 1 aliphatic heterocycles. The highest BCUT2D eigenvalue weighted by Gasteiger charge is 2.79. The van der Waals surface area contributed by atoms with Crippen molar-refractivity contribution in [1.29, 1.82) is 0 Å². The van der Waals surface area contributed by atoms with Crippen LogP contribution in [0.4, 0.5) is 19.0 Å². The fourth-order valence-electron chi connectivity index (χ4n) is 6.47. The second kappa shape index (κ2) is 7.18. The number of hydrogen-bond acceptors (Lipinski definition) is 6. The number of alkyl halides is 3. The van der Waals surface area contributed by atoms with Crippen molar-refractivity contribution in [3.05, 3.63) is 41.1 Å². The highest BCUT2D eigenvalue weighted by Crippen LogP contribution is 2.78. The molecule has 2 atom stereocenters. The zero-order valence-electron chi connectivity index (χ0n) is 20.6. The Kier molecular flexibility index (Phi) is 4.47. The molecule has 0 radical (unpaired) electrons. The molecule has 5 aliphatic rings. The van der Waals surface area contributed by atoms with Crippen molar-refractivity contribution in [3.8, 4) is 0 Å². The van der Waals surface area contributed by atoms with Crippen LogP contribution in [0.3, 0.4) is 0 Å². The molecule has 0 unspecified atom stereocenters. The lowest BCUT2D eigenvalue weighted by molar-refractivity contribution is -0.337. The number of anilines is 1. The lowest BCUT2D eigenvalue weighted by Crippen LogP contribution is -2.70. The quantitative estimate of drug-likeness (QED) is 0.497. The third-order valence-electron chi connectivity index (χ3n) is 8.68. The molecule has 5 fully saturated rings. The zero-order chi connectivity index (χ0) is 25.0. The van der Waals surface area contributed by atoms with E-state index in [1.807, 2.05) is 37.7 Å². The molecule has 1 saturated heterocycles. The van der Waals surface area contributed by atoms with E-state index in [-0.39, 0.29) is 31.5 Å². The normalized spacial score (nSPS) is 31.9. The van der Waals surface area contributed by atoms with Crippen LogP contribution >= 0.6 is 0 Å². The Labute approximate surface area is 207 Å². The van der Waals surface area contributed by atoms with E-state index in [0.29, 0.717) is 35.9 Å². The maximum atomic E-state index is 13.6. The van der Waals surface area contributed by atoms with Crippen molar-refractivity contribution in [2.45, 2.75) is 82.7 Å². The summed E-state index contributed by atoms with van der Waals surface area (Å²) in [4.78, 5) is 16.7. The lowest BCUT2D eigenvalue weighted by Gasteiger charge is -2.70. The van der Waals surface area contributed by atoms with Gasteiger partial charge in [0.1, 0.15) is 17.4 Å². The van der Waals surface area contributed by atoms with Gasteiger partial charge in [-0.25, -0.2) is 15.0 Å². The summed E-state index contributed by atoms with van der Waals surface area (Å²) >= 11 is 0. The first-order valence-corrected chi connectivity index (χ1v) is 12.7. The molecule has 3 aromatic heterocycles. The summed E-state index contributed by atoms with van der Waals surface area (Å²) in [6, 6.07) is 2.44. The molecule has 3 aromatic rings. The molecular weight excluding hydrogens is 469 g/mol. The second-order valence-corrected chi connectivity index (χ2v) is 11.5. The Bertz CT molecular complexity index is 1360. The van der Waals surface area contributed by atoms with Gasteiger partial charge in [0.05, 0.1) is 52.9 Å². The molecule has 0 N–H and O–H groups in total. The molecule has 4 heterocycles. The minimum atomic E-state index is -4.17. The van der Waals surface area contributed by atoms with Gasteiger partial charge in [-0.1, -0.05) is 0 Å². The van der Waals surface area contributed by atoms with Gasteiger partial charge in [0, 0.05) is 29.8 Å². The van der Waals surface area contributed by atoms with Crippen molar-refractivity contribution >= 4 is 16.9 Å². The van der Waals surface area contributed by atoms with Crippen LogP contribution in [-0.4, -0.2) is 50.1 Å². The molecule has 10 heteroatoms. The number of morpholine rings is 1. The monoisotopic (exact) mass is 498 g/mol. The highest BCUT2D eigenvalue weighted by molar-refractivity contribution is 5.82. The molecule has 4 saturated carbocycles. The van der Waals surface area contributed by atoms with Crippen LogP contribution in [0.15, 0.2) is 18.5 Å². The average molecular weight is 499 g/mol. The molecule has 4 aliphatic carbocycles. The van der Waals surface area contributed by atoms with E-state index in [4.69, 9.17) is 19.7 Å². The summed E-state index contributed by atoms with van der Waals surface area (Å²) in [5, 5.41) is 4.52. The summed E-state index contributed by atoms with van der Waals surface area (Å²) in [6.07, 6.45) is 2.19. The molecule has 7 nitrogen and oxygen atoms in total. The molecule has 36 heavy (non-hydrogen) atoms. The van der Waals surface area contributed by atoms with Crippen molar-refractivity contribution in [2.24, 2.45) is 5.41 Å². The molecule has 0 aromatic carbocycles. The number of hydrogen-bond donors (Lipinski definition) is 0. The molecule has 2 bridgehead atoms. The number of rotatable bonds is 4. The third-order valence-corrected chi connectivity index (χ3v) is 8.68. The Balaban J connectivity index is 1.26. The second-order valence-electron chi connectivity index (χ2n) is 11.5. The predicted molar refractivity (Wildman–Crippen MR) is 127 cm³/mol. The average Bonchev–Trinajstić information content (AvgIpc) is 3.48. The van der Waals surface area contributed by atoms with E-state index in [2.05, 4.69) is 16.2 Å². The molecule has 190 valence electrons. The van der Waals surface area contributed by atoms with Crippen molar-refractivity contribution < 1.29 is 17.9 Å². The van der Waals surface area contributed by atoms with E-state index in [0.717, 1.165) is 35.6 Å². The summed E-state index contributed by atoms with van der Waals surface area (Å²) in [5.74, 6) is 0.732. The first kappa shape index (κ1) is 22.4. The van der Waals surface area contributed by atoms with E-state index in [1.165, 1.54) is 0 Å². The number of pyridine rings is 1. The Morgan fingerprint density at radius 3 is 2.44 bits per heavy atom. The molecule has 0 spiro atoms. The van der Waals surface area contributed by atoms with Crippen molar-refractivity contribution in [2.75, 3.05) is 18.0 Å². The fourth-order valence-corrected chi connectivity index (χ4v) is 6.47. The van der Waals surface area contributed by atoms with E-state index in [1.54, 1.807) is 0 Å². The SMILES string of the molecule is Cc1nc2cc(N3C[C@@H](C)O[C@H](c4cnn(C5CC5)c4)C3)nc(C34CC(C(F)(F)F)(C3)C4)c2nc1C. The molecule has 8 rings (SSSR count). The molecular formula is C26H29F3N6O. The number of nitrogens with zero attached hydrogens (tertiary/aromatic N) is 6. The zero-order valence-corrected chi connectivity index (χ0v) is 20.6. The van der Waals surface area contributed by atoms with Gasteiger partial charge >= 0.3 is 6.18 Å². The van der Waals surface area contributed by atoms with Crippen LogP contribution in [0, 0.1) is 19.3 Å². The predicted octanol–water partition coefficient (Wildman–Crippen LogP) is 5.12. The third kappa shape index (κ3) is 3.22. The summed E-state index contributed by atoms with van der Waals surface area (Å²) < 4.78 is 49.2. The van der Waals surface area contributed by atoms with Gasteiger partial charge in [-0.3, -0.25) is 4.68 Å². The van der Waals surface area contributed by atoms with Crippen molar-refractivity contribution in [3.63, 3.8) is 0 Å². The van der Waals surface area contributed by atoms with Crippen LogP contribution in [0.2, 0.25) is 0 Å². The lowest BCUT2D eigenvalue weighted by atomic mass is 9.34. The van der Waals surface area contributed by atoms with E-state index in [9.17, 15) is 13.2 Å². The smallest absolute Gasteiger partial charge is 0.367 e. The van der Waals surface area contributed by atoms with E-state index >= 15 is 0 Å². The van der Waals surface area contributed by atoms with Gasteiger partial charge in [0.15, 0.2) is 0 Å². The van der Waals surface area contributed by atoms with Gasteiger partial charge in [-0.2, -0.15) is 18.3 Å². The highest BCUT2D eigenvalue weighted by atomic mass is 19.4. The first-order chi connectivity index (χ1) is 17.1. The largest absolute Gasteiger partial charge is 0.394 e. The summed E-state index contributed by atoms with van der Waals surface area (Å²) in [5.41, 5.74) is 2.53. The Morgan fingerprint density at radius 2 is 1.75 bits per heavy atom. The van der Waals surface area contributed by atoms with Crippen molar-refractivity contribution in [1.82, 2.24) is 24.7 Å². The standard InChI is InChI=1S/C26H29F3N6O/c1-14-8-34(10-20(36-14)17-7-30-35(9-17)18-4-5-18)21-6-19-22(32-16(3)15(2)31-19)23(33-21)24-11-25(12-24,13-24)26(27,28)29/h6-7,9,14,18,20H,4-5,8,10-13H2,1-3H3/t14-,20+,24?,25?/m1/s1. The minimum Gasteiger partial charge on any atom is -0.367 e. The van der Waals surface area contributed by atoms with Crippen LogP contribution in [0.5, 0.6) is 0 Å². The number of halogens is 3. The van der Waals surface area contributed by atoms with Crippen LogP contribution < -0.4 is 4.90 Å². The maximum Gasteiger partial charge on any atom is 0.394 e. The maximum absolute atomic E-state index is 13.6. The van der Waals surface area contributed by atoms with Gasteiger partial charge in [0.2, 0.25) is 0 Å². The van der Waals surface area contributed by atoms with Gasteiger partial charge in [-0.05, 0) is 52.9 Å². The fraction of sp³-hybridized carbons (Fsp3) is 0.615. The summed E-state index contributed by atoms with van der Waals surface area (Å²) in [7, 11) is 0. The van der Waals surface area contributed by atoms with Gasteiger partial charge in [0.25, 0.3) is 0 Å². The van der Waals surface area contributed by atoms with E-state index < -0.39 is 17.0 Å². The van der Waals surface area contributed by atoms with Gasteiger partial charge in [-0.15, -0.1) is 0 Å². The number of ether oxygens (including phenoxy) is 1. The van der Waals surface area contributed by atoms with Crippen LogP contribution in [0.1, 0.15) is 73.8 Å². The number of fused-ring (bicyclic) bond motifs is 1. The molecule has 0 amide bonds. The Morgan fingerprint density at radius 1 is 1.03 bits per heavy atom. The summed E-state index contributed by atoms with van der Waals surface area (Å²) in [6.45, 7) is 7.06. The topological polar surface area (TPSA) is 69.0 Å². The minimum absolute atomic E-state index is 0.0387. The number of aromatic nitrogens is 5. The Hall–Kier alpha value is -2.75. The van der Waals surface area contributed by atoms with Crippen LogP contribution in [0.25, 0.3) is 11.0 Å². The first-order valence-electron chi connectivity index (χ1n) is 12.7. The van der Waals surface area contributed by atoms with Gasteiger partial charge < -0.3 is 9.64 Å². The van der Waals surface area contributed by atoms with Crippen LogP contribution in [-0.2, 0) is 10.2 Å². The number of aryl methyl sites for hydroxylation is 2.